The number of aromatic nitrogens is 2. The summed E-state index contributed by atoms with van der Waals surface area (Å²) < 4.78 is 84.0. The van der Waals surface area contributed by atoms with Crippen LogP contribution in [0.25, 0.3) is 0 Å². The molecule has 0 saturated carbocycles. The van der Waals surface area contributed by atoms with Gasteiger partial charge in [0.1, 0.15) is 59.4 Å². The van der Waals surface area contributed by atoms with E-state index in [1.807, 2.05) is 46.8 Å². The van der Waals surface area contributed by atoms with E-state index >= 15 is 0 Å². The molecule has 2 aromatic carbocycles. The molecule has 0 aliphatic carbocycles. The van der Waals surface area contributed by atoms with Crippen LogP contribution in [0.3, 0.4) is 0 Å². The Morgan fingerprint density at radius 2 is 0.956 bits per heavy atom. The van der Waals surface area contributed by atoms with E-state index in [4.69, 9.17) is 5.11 Å². The van der Waals surface area contributed by atoms with Gasteiger partial charge < -0.3 is 35.8 Å². The SMILES string of the molecule is CC.CO.C[C@@H]1C=C[C@@H](C)N2CN1C(=O)c1c(O)c(=O)c(C(=O)NCc3c(F)cc(F)cc3F)cn12.C[C@@H]1CC[C@@H](C)N2CN1C(=O)c1c(O)c(=O)c(C(=O)NCc3c(F)cc(F)cc3F)cn12. The van der Waals surface area contributed by atoms with Crippen molar-refractivity contribution in [3.8, 4) is 11.5 Å². The summed E-state index contributed by atoms with van der Waals surface area (Å²) in [6, 6.07) is 1.22. The van der Waals surface area contributed by atoms with Crippen molar-refractivity contribution < 1.29 is 60.8 Å². The van der Waals surface area contributed by atoms with Gasteiger partial charge in [-0.2, -0.15) is 0 Å². The molecule has 0 radical (unpaired) electrons. The Kier molecular flexibility index (Phi) is 16.0. The van der Waals surface area contributed by atoms with Crippen molar-refractivity contribution in [2.45, 2.75) is 91.6 Å². The fraction of sp³-hybridized carbons (Fsp3) is 0.378. The van der Waals surface area contributed by atoms with Gasteiger partial charge in [-0.1, -0.05) is 26.0 Å². The highest BCUT2D eigenvalue weighted by Crippen LogP contribution is 2.30. The van der Waals surface area contributed by atoms with E-state index in [-0.39, 0.29) is 48.9 Å². The van der Waals surface area contributed by atoms with Gasteiger partial charge in [0.2, 0.25) is 10.9 Å². The molecule has 1 fully saturated rings. The number of hydrogen-bond acceptors (Lipinski definition) is 11. The van der Waals surface area contributed by atoms with Crippen LogP contribution in [0, 0.1) is 34.9 Å². The van der Waals surface area contributed by atoms with E-state index in [9.17, 15) is 65.3 Å². The second-order valence-electron chi connectivity index (χ2n) is 15.7. The van der Waals surface area contributed by atoms with Crippen molar-refractivity contribution in [2.24, 2.45) is 0 Å². The van der Waals surface area contributed by atoms with Gasteiger partial charge in [-0.25, -0.2) is 26.3 Å². The smallest absolute Gasteiger partial charge is 0.278 e. The summed E-state index contributed by atoms with van der Waals surface area (Å²) in [5.74, 6) is -11.9. The third-order valence-electron chi connectivity index (χ3n) is 11.6. The highest BCUT2D eigenvalue weighted by molar-refractivity contribution is 6.00. The Balaban J connectivity index is 0.000000237. The van der Waals surface area contributed by atoms with Crippen LogP contribution in [0.15, 0.2) is 58.4 Å². The van der Waals surface area contributed by atoms with Gasteiger partial charge in [0, 0.05) is 86.1 Å². The Bertz CT molecular complexity index is 2720. The molecule has 4 aliphatic rings. The van der Waals surface area contributed by atoms with Gasteiger partial charge in [0.25, 0.3) is 23.6 Å². The molecule has 4 bridgehead atoms. The predicted molar refractivity (Wildman–Crippen MR) is 234 cm³/mol. The van der Waals surface area contributed by atoms with Crippen LogP contribution < -0.4 is 31.5 Å². The van der Waals surface area contributed by atoms with Gasteiger partial charge in [0.15, 0.2) is 22.9 Å². The van der Waals surface area contributed by atoms with Gasteiger partial charge >= 0.3 is 0 Å². The van der Waals surface area contributed by atoms with Crippen LogP contribution in [-0.4, -0.2) is 103 Å². The van der Waals surface area contributed by atoms with Gasteiger partial charge in [-0.05, 0) is 40.5 Å². The van der Waals surface area contributed by atoms with Crippen molar-refractivity contribution in [1.29, 1.82) is 0 Å². The zero-order chi connectivity index (χ0) is 50.6. The summed E-state index contributed by atoms with van der Waals surface area (Å²) in [5.41, 5.74) is -4.90. The Labute approximate surface area is 385 Å². The Hall–Kier alpha value is -7.30. The molecule has 4 aromatic rings. The summed E-state index contributed by atoms with van der Waals surface area (Å²) in [6.45, 7) is 10.5. The lowest BCUT2D eigenvalue weighted by molar-refractivity contribution is 0.0625. The molecule has 4 aliphatic heterocycles. The minimum atomic E-state index is -1.20. The van der Waals surface area contributed by atoms with Gasteiger partial charge in [-0.3, -0.25) is 48.1 Å². The first-order valence-corrected chi connectivity index (χ1v) is 21.3. The molecule has 366 valence electrons. The largest absolute Gasteiger partial charge is 0.502 e. The number of nitrogens with zero attached hydrogens (tertiary/aromatic N) is 6. The number of pyridine rings is 2. The van der Waals surface area contributed by atoms with E-state index in [0.717, 1.165) is 32.3 Å². The maximum absolute atomic E-state index is 13.8. The average molecular weight is 961 g/mol. The van der Waals surface area contributed by atoms with Gasteiger partial charge in [-0.15, -0.1) is 0 Å². The van der Waals surface area contributed by atoms with Crippen LogP contribution in [0.2, 0.25) is 0 Å². The number of carbonyl (C=O) groups excluding carboxylic acids is 4. The van der Waals surface area contributed by atoms with Crippen LogP contribution in [0.1, 0.15) is 107 Å². The molecule has 0 unspecified atom stereocenters. The van der Waals surface area contributed by atoms with Crippen molar-refractivity contribution in [2.75, 3.05) is 30.5 Å². The number of aromatic hydroxyl groups is 2. The van der Waals surface area contributed by atoms with E-state index in [2.05, 4.69) is 10.6 Å². The number of aliphatic hydroxyl groups excluding tert-OH is 1. The average Bonchev–Trinajstić information content (AvgIpc) is 3.51. The quantitative estimate of drug-likeness (QED) is 0.138. The van der Waals surface area contributed by atoms with Crippen molar-refractivity contribution in [3.05, 3.63) is 138 Å². The Morgan fingerprint density at radius 3 is 1.40 bits per heavy atom. The second-order valence-corrected chi connectivity index (χ2v) is 15.7. The van der Waals surface area contributed by atoms with E-state index in [0.29, 0.717) is 24.3 Å². The summed E-state index contributed by atoms with van der Waals surface area (Å²) >= 11 is 0. The van der Waals surface area contributed by atoms with Crippen LogP contribution in [-0.2, 0) is 13.1 Å². The fourth-order valence-electron chi connectivity index (χ4n) is 7.81. The molecule has 23 heteroatoms. The molecular weight excluding hydrogens is 911 g/mol. The molecule has 68 heavy (non-hydrogen) atoms. The molecule has 0 spiro atoms. The number of fused-ring (bicyclic) bond motifs is 8. The number of halogens is 6. The molecule has 1 saturated heterocycles. The summed E-state index contributed by atoms with van der Waals surface area (Å²) in [5, 5.41) is 35.9. The molecule has 6 heterocycles. The lowest BCUT2D eigenvalue weighted by Crippen LogP contribution is -2.57. The van der Waals surface area contributed by atoms with Gasteiger partial charge in [0.05, 0.1) is 6.04 Å². The normalized spacial score (nSPS) is 18.9. The molecule has 17 nitrogen and oxygen atoms in total. The third kappa shape index (κ3) is 9.87. The number of amides is 4. The minimum Gasteiger partial charge on any atom is -0.502 e. The van der Waals surface area contributed by atoms with Crippen molar-refractivity contribution in [3.63, 3.8) is 0 Å². The maximum Gasteiger partial charge on any atom is 0.278 e. The minimum absolute atomic E-state index is 0.0606. The molecule has 5 N–H and O–H groups in total. The lowest BCUT2D eigenvalue weighted by Gasteiger charge is -2.41. The number of carbonyl (C=O) groups is 4. The zero-order valence-corrected chi connectivity index (χ0v) is 37.9. The third-order valence-corrected chi connectivity index (χ3v) is 11.6. The number of benzene rings is 2. The Morgan fingerprint density at radius 1 is 0.588 bits per heavy atom. The van der Waals surface area contributed by atoms with Crippen LogP contribution in [0.4, 0.5) is 26.3 Å². The maximum atomic E-state index is 13.8. The first kappa shape index (κ1) is 51.7. The highest BCUT2D eigenvalue weighted by atomic mass is 19.2. The molecular formula is C45H50F6N8O9. The lowest BCUT2D eigenvalue weighted by atomic mass is 10.1. The standard InChI is InChI=1S/C21H21F3N4O4.C21H19F3N4O4.C2H6.CH4O/c2*1-10-3-4-11(2)28-9-26(10)21(32)17-19(30)18(29)14(8-27(17)28)20(31)25-7-13-15(23)5-12(22)6-16(13)24;2*1-2/h5-6,8,10-11,30H,3-4,7,9H2,1-2H3,(H,25,31);3-6,8,10-11,30H,7,9H2,1-2H3,(H,25,31);1-2H3;2H,1H3/t2*10-,11-;;/m11../s1. The number of nitrogens with one attached hydrogen (secondary N) is 2. The predicted octanol–water partition coefficient (Wildman–Crippen LogP) is 4.06. The summed E-state index contributed by atoms with van der Waals surface area (Å²) in [6.07, 6.45) is 7.39. The number of hydrogen-bond donors (Lipinski definition) is 5. The van der Waals surface area contributed by atoms with Crippen LogP contribution >= 0.6 is 0 Å². The molecule has 4 atom stereocenters. The first-order valence-electron chi connectivity index (χ1n) is 21.3. The number of aliphatic hydroxyl groups is 1. The van der Waals surface area contributed by atoms with Crippen molar-refractivity contribution in [1.82, 2.24) is 29.8 Å². The van der Waals surface area contributed by atoms with E-state index in [1.54, 1.807) is 21.8 Å². The summed E-state index contributed by atoms with van der Waals surface area (Å²) in [4.78, 5) is 79.5. The zero-order valence-electron chi connectivity index (χ0n) is 37.9. The second kappa shape index (κ2) is 21.1. The fourth-order valence-corrected chi connectivity index (χ4v) is 7.81. The van der Waals surface area contributed by atoms with E-state index < -0.39 is 116 Å². The monoisotopic (exact) mass is 960 g/mol. The molecule has 4 amide bonds. The topological polar surface area (TPSA) is 210 Å². The van der Waals surface area contributed by atoms with Crippen LogP contribution in [0.5, 0.6) is 11.5 Å². The van der Waals surface area contributed by atoms with Crippen molar-refractivity contribution >= 4 is 23.6 Å². The summed E-state index contributed by atoms with van der Waals surface area (Å²) in [7, 11) is 1.00. The number of rotatable bonds is 6. The van der Waals surface area contributed by atoms with E-state index in [1.165, 1.54) is 14.3 Å². The molecule has 2 aromatic heterocycles. The molecule has 8 rings (SSSR count). The highest BCUT2D eigenvalue weighted by Gasteiger charge is 2.41. The first-order chi connectivity index (χ1) is 32.2.